The summed E-state index contributed by atoms with van der Waals surface area (Å²) >= 11 is 1.74. The van der Waals surface area contributed by atoms with Gasteiger partial charge in [0, 0.05) is 36.7 Å². The molecule has 0 bridgehead atoms. The highest BCUT2D eigenvalue weighted by atomic mass is 32.2. The van der Waals surface area contributed by atoms with Crippen LogP contribution in [0.5, 0.6) is 0 Å². The molecule has 0 aromatic carbocycles. The van der Waals surface area contributed by atoms with Crippen molar-refractivity contribution in [3.8, 4) is 0 Å². The van der Waals surface area contributed by atoms with Gasteiger partial charge in [-0.2, -0.15) is 0 Å². The molecule has 1 amide bonds. The van der Waals surface area contributed by atoms with Crippen molar-refractivity contribution >= 4 is 17.7 Å². The number of aryl methyl sites for hydroxylation is 1. The molecule has 3 heterocycles. The van der Waals surface area contributed by atoms with Crippen LogP contribution in [0.4, 0.5) is 0 Å². The highest BCUT2D eigenvalue weighted by Crippen LogP contribution is 2.31. The molecule has 0 atom stereocenters. The van der Waals surface area contributed by atoms with Crippen LogP contribution < -0.4 is 5.32 Å². The van der Waals surface area contributed by atoms with Crippen molar-refractivity contribution in [1.29, 1.82) is 0 Å². The highest BCUT2D eigenvalue weighted by Gasteiger charge is 2.27. The van der Waals surface area contributed by atoms with Crippen molar-refractivity contribution in [3.63, 3.8) is 0 Å². The Bertz CT molecular complexity index is 726. The van der Waals surface area contributed by atoms with Crippen molar-refractivity contribution in [2.24, 2.45) is 0 Å². The fourth-order valence-corrected chi connectivity index (χ4v) is 4.60. The Morgan fingerprint density at radius 2 is 1.92 bits per heavy atom. The molecule has 2 aromatic heterocycles. The SMILES string of the molecule is O=C(NC1CCC(Sc2ncccn2)CC1)c1nnc2n1CCCC2. The number of fused-ring (bicyclic) bond motifs is 1. The van der Waals surface area contributed by atoms with Gasteiger partial charge in [-0.3, -0.25) is 4.79 Å². The fraction of sp³-hybridized carbons (Fsp3) is 0.588. The van der Waals surface area contributed by atoms with Crippen LogP contribution >= 0.6 is 11.8 Å². The zero-order valence-electron chi connectivity index (χ0n) is 14.1. The van der Waals surface area contributed by atoms with E-state index in [0.29, 0.717) is 11.1 Å². The van der Waals surface area contributed by atoms with E-state index in [1.807, 2.05) is 10.6 Å². The number of thioether (sulfide) groups is 1. The Balaban J connectivity index is 1.30. The first-order chi connectivity index (χ1) is 12.3. The van der Waals surface area contributed by atoms with Crippen LogP contribution in [-0.2, 0) is 13.0 Å². The predicted octanol–water partition coefficient (Wildman–Crippen LogP) is 2.24. The van der Waals surface area contributed by atoms with Gasteiger partial charge in [-0.25, -0.2) is 9.97 Å². The first-order valence-electron chi connectivity index (χ1n) is 8.96. The van der Waals surface area contributed by atoms with Gasteiger partial charge in [-0.05, 0) is 44.6 Å². The molecule has 7 nitrogen and oxygen atoms in total. The van der Waals surface area contributed by atoms with E-state index in [1.54, 1.807) is 24.2 Å². The highest BCUT2D eigenvalue weighted by molar-refractivity contribution is 7.99. The average Bonchev–Trinajstić information content (AvgIpc) is 3.08. The summed E-state index contributed by atoms with van der Waals surface area (Å²) in [6, 6.07) is 2.05. The molecule has 0 saturated heterocycles. The maximum atomic E-state index is 12.6. The number of amides is 1. The molecule has 2 aliphatic rings. The van der Waals surface area contributed by atoms with Crippen LogP contribution in [0.2, 0.25) is 0 Å². The zero-order valence-corrected chi connectivity index (χ0v) is 14.9. The minimum Gasteiger partial charge on any atom is -0.347 e. The standard InChI is InChI=1S/C17H22N6OS/c24-16(15-22-21-14-4-1-2-11-23(14)15)20-12-5-7-13(8-6-12)25-17-18-9-3-10-19-17/h3,9-10,12-13H,1-2,4-8,11H2,(H,20,24). The van der Waals surface area contributed by atoms with Gasteiger partial charge in [0.25, 0.3) is 5.91 Å². The summed E-state index contributed by atoms with van der Waals surface area (Å²) in [5.74, 6) is 1.34. The Hall–Kier alpha value is -1.96. The summed E-state index contributed by atoms with van der Waals surface area (Å²) in [4.78, 5) is 21.1. The largest absolute Gasteiger partial charge is 0.347 e. The first kappa shape index (κ1) is 16.5. The Morgan fingerprint density at radius 1 is 1.12 bits per heavy atom. The molecule has 8 heteroatoms. The molecular formula is C17H22N6OS. The third-order valence-electron chi connectivity index (χ3n) is 4.89. The Kier molecular flexibility index (Phi) is 4.96. The smallest absolute Gasteiger partial charge is 0.289 e. The van der Waals surface area contributed by atoms with Gasteiger partial charge < -0.3 is 9.88 Å². The second-order valence-corrected chi connectivity index (χ2v) is 7.91. The molecule has 4 rings (SSSR count). The molecular weight excluding hydrogens is 336 g/mol. The monoisotopic (exact) mass is 358 g/mol. The number of carbonyl (C=O) groups excluding carboxylic acids is 1. The summed E-state index contributed by atoms with van der Waals surface area (Å²) < 4.78 is 1.98. The average molecular weight is 358 g/mol. The summed E-state index contributed by atoms with van der Waals surface area (Å²) in [6.45, 7) is 0.853. The minimum absolute atomic E-state index is 0.0804. The maximum Gasteiger partial charge on any atom is 0.289 e. The number of carbonyl (C=O) groups is 1. The van der Waals surface area contributed by atoms with Gasteiger partial charge in [0.05, 0.1) is 0 Å². The van der Waals surface area contributed by atoms with E-state index in [0.717, 1.165) is 62.5 Å². The number of aromatic nitrogens is 5. The van der Waals surface area contributed by atoms with E-state index in [1.165, 1.54) is 0 Å². The molecule has 1 fully saturated rings. The summed E-state index contributed by atoms with van der Waals surface area (Å²) in [5.41, 5.74) is 0. The van der Waals surface area contributed by atoms with Gasteiger partial charge >= 0.3 is 0 Å². The van der Waals surface area contributed by atoms with E-state index >= 15 is 0 Å². The quantitative estimate of drug-likeness (QED) is 0.844. The summed E-state index contributed by atoms with van der Waals surface area (Å²) in [7, 11) is 0. The Labute approximate surface area is 151 Å². The third-order valence-corrected chi connectivity index (χ3v) is 6.11. The van der Waals surface area contributed by atoms with Gasteiger partial charge in [0.2, 0.25) is 5.82 Å². The lowest BCUT2D eigenvalue weighted by Gasteiger charge is -2.28. The van der Waals surface area contributed by atoms with Gasteiger partial charge in [-0.1, -0.05) is 11.8 Å². The van der Waals surface area contributed by atoms with E-state index in [9.17, 15) is 4.79 Å². The van der Waals surface area contributed by atoms with Crippen molar-refractivity contribution in [1.82, 2.24) is 30.0 Å². The molecule has 1 aliphatic carbocycles. The minimum atomic E-state index is -0.0804. The topological polar surface area (TPSA) is 85.6 Å². The van der Waals surface area contributed by atoms with Crippen molar-refractivity contribution in [2.45, 2.75) is 67.9 Å². The van der Waals surface area contributed by atoms with E-state index < -0.39 is 0 Å². The number of hydrogen-bond acceptors (Lipinski definition) is 6. The van der Waals surface area contributed by atoms with E-state index in [-0.39, 0.29) is 11.9 Å². The van der Waals surface area contributed by atoms with Gasteiger partial charge in [0.1, 0.15) is 5.82 Å². The van der Waals surface area contributed by atoms with Crippen LogP contribution in [0.1, 0.15) is 55.0 Å². The summed E-state index contributed by atoms with van der Waals surface area (Å²) in [5, 5.41) is 12.8. The van der Waals surface area contributed by atoms with Gasteiger partial charge in [-0.15, -0.1) is 10.2 Å². The van der Waals surface area contributed by atoms with Crippen LogP contribution in [0.3, 0.4) is 0 Å². The molecule has 0 radical (unpaired) electrons. The Morgan fingerprint density at radius 3 is 2.72 bits per heavy atom. The maximum absolute atomic E-state index is 12.6. The van der Waals surface area contributed by atoms with Crippen molar-refractivity contribution < 1.29 is 4.79 Å². The molecule has 25 heavy (non-hydrogen) atoms. The first-order valence-corrected chi connectivity index (χ1v) is 9.84. The molecule has 132 valence electrons. The lowest BCUT2D eigenvalue weighted by molar-refractivity contribution is 0.0911. The second-order valence-electron chi connectivity index (χ2n) is 6.64. The predicted molar refractivity (Wildman–Crippen MR) is 94.4 cm³/mol. The fourth-order valence-electron chi connectivity index (χ4n) is 3.55. The normalized spacial score (nSPS) is 23.0. The molecule has 2 aromatic rings. The van der Waals surface area contributed by atoms with Crippen molar-refractivity contribution in [2.75, 3.05) is 0 Å². The number of nitrogens with one attached hydrogen (secondary N) is 1. The van der Waals surface area contributed by atoms with Crippen LogP contribution in [0.15, 0.2) is 23.6 Å². The van der Waals surface area contributed by atoms with Crippen LogP contribution in [0.25, 0.3) is 0 Å². The van der Waals surface area contributed by atoms with Gasteiger partial charge in [0.15, 0.2) is 5.16 Å². The van der Waals surface area contributed by atoms with Crippen LogP contribution in [-0.4, -0.2) is 41.9 Å². The van der Waals surface area contributed by atoms with E-state index in [4.69, 9.17) is 0 Å². The molecule has 1 saturated carbocycles. The molecule has 0 spiro atoms. The lowest BCUT2D eigenvalue weighted by Crippen LogP contribution is -2.39. The molecule has 1 N–H and O–H groups in total. The van der Waals surface area contributed by atoms with Crippen LogP contribution in [0, 0.1) is 0 Å². The molecule has 0 unspecified atom stereocenters. The number of nitrogens with zero attached hydrogens (tertiary/aromatic N) is 5. The second kappa shape index (κ2) is 7.51. The third kappa shape index (κ3) is 3.84. The number of hydrogen-bond donors (Lipinski definition) is 1. The zero-order chi connectivity index (χ0) is 17.1. The van der Waals surface area contributed by atoms with E-state index in [2.05, 4.69) is 25.5 Å². The molecule has 1 aliphatic heterocycles. The number of rotatable bonds is 4. The lowest BCUT2D eigenvalue weighted by atomic mass is 9.95. The van der Waals surface area contributed by atoms with Crippen molar-refractivity contribution in [3.05, 3.63) is 30.1 Å². The summed E-state index contributed by atoms with van der Waals surface area (Å²) in [6.07, 6.45) is 10.8.